The minimum Gasteiger partial charge on any atom is -0.494 e. The molecule has 1 heterocycles. The fourth-order valence-electron chi connectivity index (χ4n) is 3.11. The number of hydrogen-bond acceptors (Lipinski definition) is 3. The second-order valence-corrected chi connectivity index (χ2v) is 6.39. The molecular weight excluding hydrogens is 312 g/mol. The van der Waals surface area contributed by atoms with Crippen molar-refractivity contribution in [3.63, 3.8) is 0 Å². The molecular formula is C21H26N2O2. The van der Waals surface area contributed by atoms with Gasteiger partial charge in [-0.25, -0.2) is 0 Å². The normalized spacial score (nSPS) is 14.2. The summed E-state index contributed by atoms with van der Waals surface area (Å²) in [5.74, 6) is 0.707. The SMILES string of the molecule is CCCOc1ccc(C(=O)Nc2ccccc2N2CCCCC2)cc1. The molecule has 0 atom stereocenters. The van der Waals surface area contributed by atoms with Gasteiger partial charge in [-0.2, -0.15) is 0 Å². The lowest BCUT2D eigenvalue weighted by atomic mass is 10.1. The lowest BCUT2D eigenvalue weighted by Crippen LogP contribution is -2.30. The highest BCUT2D eigenvalue weighted by molar-refractivity contribution is 6.06. The molecule has 132 valence electrons. The Bertz CT molecular complexity index is 691. The van der Waals surface area contributed by atoms with Gasteiger partial charge in [-0.3, -0.25) is 4.79 Å². The van der Waals surface area contributed by atoms with Crippen molar-refractivity contribution >= 4 is 17.3 Å². The topological polar surface area (TPSA) is 41.6 Å². The van der Waals surface area contributed by atoms with E-state index < -0.39 is 0 Å². The number of carbonyl (C=O) groups is 1. The van der Waals surface area contributed by atoms with Crippen LogP contribution in [0.15, 0.2) is 48.5 Å². The van der Waals surface area contributed by atoms with Gasteiger partial charge in [0.25, 0.3) is 5.91 Å². The summed E-state index contributed by atoms with van der Waals surface area (Å²) in [6.45, 7) is 4.86. The van der Waals surface area contributed by atoms with Crippen LogP contribution in [0.2, 0.25) is 0 Å². The maximum absolute atomic E-state index is 12.6. The zero-order valence-corrected chi connectivity index (χ0v) is 14.8. The van der Waals surface area contributed by atoms with Crippen molar-refractivity contribution in [1.29, 1.82) is 0 Å². The summed E-state index contributed by atoms with van der Waals surface area (Å²) in [6.07, 6.45) is 4.68. The fourth-order valence-corrected chi connectivity index (χ4v) is 3.11. The Morgan fingerprint density at radius 3 is 2.48 bits per heavy atom. The number of nitrogens with one attached hydrogen (secondary N) is 1. The summed E-state index contributed by atoms with van der Waals surface area (Å²) in [7, 11) is 0. The molecule has 0 bridgehead atoms. The molecule has 0 saturated carbocycles. The maximum atomic E-state index is 12.6. The van der Waals surface area contributed by atoms with Gasteiger partial charge in [0.1, 0.15) is 5.75 Å². The summed E-state index contributed by atoms with van der Waals surface area (Å²) < 4.78 is 5.57. The van der Waals surface area contributed by atoms with Crippen LogP contribution in [0.5, 0.6) is 5.75 Å². The van der Waals surface area contributed by atoms with Gasteiger partial charge in [0, 0.05) is 18.7 Å². The van der Waals surface area contributed by atoms with E-state index in [1.807, 2.05) is 42.5 Å². The number of hydrogen-bond donors (Lipinski definition) is 1. The number of nitrogens with zero attached hydrogens (tertiary/aromatic N) is 1. The van der Waals surface area contributed by atoms with Gasteiger partial charge in [0.05, 0.1) is 18.0 Å². The Balaban J connectivity index is 1.70. The Hall–Kier alpha value is -2.49. The first-order valence-electron chi connectivity index (χ1n) is 9.16. The predicted molar refractivity (Wildman–Crippen MR) is 103 cm³/mol. The van der Waals surface area contributed by atoms with Gasteiger partial charge >= 0.3 is 0 Å². The number of anilines is 2. The number of rotatable bonds is 6. The number of amides is 1. The molecule has 0 radical (unpaired) electrons. The van der Waals surface area contributed by atoms with Crippen LogP contribution in [0.4, 0.5) is 11.4 Å². The Morgan fingerprint density at radius 1 is 1.04 bits per heavy atom. The van der Waals surface area contributed by atoms with Gasteiger partial charge < -0.3 is 15.0 Å². The third kappa shape index (κ3) is 4.53. The lowest BCUT2D eigenvalue weighted by Gasteiger charge is -2.30. The minimum atomic E-state index is -0.0912. The standard InChI is InChI=1S/C21H26N2O2/c1-2-16-25-18-12-10-17(11-13-18)21(24)22-19-8-4-5-9-20(19)23-14-6-3-7-15-23/h4-5,8-13H,2-3,6-7,14-16H2,1H3,(H,22,24). The molecule has 25 heavy (non-hydrogen) atoms. The fraction of sp³-hybridized carbons (Fsp3) is 0.381. The second-order valence-electron chi connectivity index (χ2n) is 6.39. The van der Waals surface area contributed by atoms with Crippen molar-refractivity contribution in [1.82, 2.24) is 0 Å². The van der Waals surface area contributed by atoms with Crippen LogP contribution in [-0.2, 0) is 0 Å². The highest BCUT2D eigenvalue weighted by Crippen LogP contribution is 2.28. The van der Waals surface area contributed by atoms with Crippen molar-refractivity contribution in [2.75, 3.05) is 29.9 Å². The van der Waals surface area contributed by atoms with Gasteiger partial charge in [0.15, 0.2) is 0 Å². The van der Waals surface area contributed by atoms with E-state index in [-0.39, 0.29) is 5.91 Å². The van der Waals surface area contributed by atoms with Crippen LogP contribution in [0.3, 0.4) is 0 Å². The molecule has 1 aliphatic heterocycles. The molecule has 1 aliphatic rings. The van der Waals surface area contributed by atoms with E-state index in [1.165, 1.54) is 19.3 Å². The van der Waals surface area contributed by atoms with E-state index in [0.29, 0.717) is 12.2 Å². The molecule has 2 aromatic rings. The highest BCUT2D eigenvalue weighted by Gasteiger charge is 2.16. The van der Waals surface area contributed by atoms with Gasteiger partial charge in [-0.15, -0.1) is 0 Å². The third-order valence-electron chi connectivity index (χ3n) is 4.44. The largest absolute Gasteiger partial charge is 0.494 e. The molecule has 1 fully saturated rings. The van der Waals surface area contributed by atoms with Crippen LogP contribution in [0.25, 0.3) is 0 Å². The van der Waals surface area contributed by atoms with Gasteiger partial charge in [-0.05, 0) is 62.1 Å². The van der Waals surface area contributed by atoms with Crippen LogP contribution in [0, 0.1) is 0 Å². The van der Waals surface area contributed by atoms with E-state index in [4.69, 9.17) is 4.74 Å². The Kier molecular flexibility index (Phi) is 5.94. The molecule has 2 aromatic carbocycles. The molecule has 1 amide bonds. The monoisotopic (exact) mass is 338 g/mol. The summed E-state index contributed by atoms with van der Waals surface area (Å²) in [4.78, 5) is 15.0. The van der Waals surface area contributed by atoms with E-state index in [2.05, 4.69) is 23.2 Å². The van der Waals surface area contributed by atoms with Crippen molar-refractivity contribution < 1.29 is 9.53 Å². The Morgan fingerprint density at radius 2 is 1.76 bits per heavy atom. The van der Waals surface area contributed by atoms with Crippen molar-refractivity contribution in [3.8, 4) is 5.75 Å². The zero-order chi connectivity index (χ0) is 17.5. The molecule has 0 aliphatic carbocycles. The summed E-state index contributed by atoms with van der Waals surface area (Å²) in [5.41, 5.74) is 2.62. The summed E-state index contributed by atoms with van der Waals surface area (Å²) >= 11 is 0. The second kappa shape index (κ2) is 8.56. The Labute approximate surface area is 149 Å². The number of benzene rings is 2. The van der Waals surface area contributed by atoms with E-state index >= 15 is 0 Å². The van der Waals surface area contributed by atoms with E-state index in [1.54, 1.807) is 0 Å². The van der Waals surface area contributed by atoms with Crippen molar-refractivity contribution in [2.24, 2.45) is 0 Å². The van der Waals surface area contributed by atoms with Crippen LogP contribution < -0.4 is 15.0 Å². The number of ether oxygens (including phenoxy) is 1. The average Bonchev–Trinajstić information content (AvgIpc) is 2.68. The first kappa shape index (κ1) is 17.3. The van der Waals surface area contributed by atoms with E-state index in [0.717, 1.165) is 36.6 Å². The molecule has 0 spiro atoms. The quantitative estimate of drug-likeness (QED) is 0.829. The summed E-state index contributed by atoms with van der Waals surface area (Å²) in [5, 5.41) is 3.07. The van der Waals surface area contributed by atoms with Crippen molar-refractivity contribution in [2.45, 2.75) is 32.6 Å². The predicted octanol–water partition coefficient (Wildman–Crippen LogP) is 4.72. The third-order valence-corrected chi connectivity index (χ3v) is 4.44. The van der Waals surface area contributed by atoms with E-state index in [9.17, 15) is 4.79 Å². The smallest absolute Gasteiger partial charge is 0.255 e. The van der Waals surface area contributed by atoms with Crippen LogP contribution in [0.1, 0.15) is 43.0 Å². The molecule has 1 saturated heterocycles. The van der Waals surface area contributed by atoms with Gasteiger partial charge in [0.2, 0.25) is 0 Å². The molecule has 0 aromatic heterocycles. The first-order chi connectivity index (χ1) is 12.3. The van der Waals surface area contributed by atoms with Gasteiger partial charge in [-0.1, -0.05) is 19.1 Å². The number of carbonyl (C=O) groups excluding carboxylic acids is 1. The number of para-hydroxylation sites is 2. The average molecular weight is 338 g/mol. The highest BCUT2D eigenvalue weighted by atomic mass is 16.5. The summed E-state index contributed by atoms with van der Waals surface area (Å²) in [6, 6.07) is 15.4. The zero-order valence-electron chi connectivity index (χ0n) is 14.8. The molecule has 0 unspecified atom stereocenters. The maximum Gasteiger partial charge on any atom is 0.255 e. The van der Waals surface area contributed by atoms with Crippen molar-refractivity contribution in [3.05, 3.63) is 54.1 Å². The molecule has 4 nitrogen and oxygen atoms in total. The molecule has 3 rings (SSSR count). The molecule has 1 N–H and O–H groups in total. The first-order valence-corrected chi connectivity index (χ1v) is 9.16. The molecule has 4 heteroatoms. The minimum absolute atomic E-state index is 0.0912. The number of piperidine rings is 1. The van der Waals surface area contributed by atoms with Crippen LogP contribution in [-0.4, -0.2) is 25.6 Å². The van der Waals surface area contributed by atoms with Crippen LogP contribution >= 0.6 is 0 Å². The lowest BCUT2D eigenvalue weighted by molar-refractivity contribution is 0.102.